The van der Waals surface area contributed by atoms with Crippen molar-refractivity contribution in [2.24, 2.45) is 5.92 Å². The Balaban J connectivity index is 1.58. The van der Waals surface area contributed by atoms with E-state index >= 15 is 0 Å². The van der Waals surface area contributed by atoms with E-state index in [1.54, 1.807) is 11.3 Å². The Bertz CT molecular complexity index is 464. The van der Waals surface area contributed by atoms with E-state index in [9.17, 15) is 4.79 Å². The lowest BCUT2D eigenvalue weighted by Crippen LogP contribution is -2.45. The molecular formula is C15H24N4OS. The molecule has 0 saturated carbocycles. The summed E-state index contributed by atoms with van der Waals surface area (Å²) in [5.74, 6) is 0.581. The summed E-state index contributed by atoms with van der Waals surface area (Å²) in [6.07, 6.45) is 4.84. The Hall–Kier alpha value is -1.14. The molecule has 0 aromatic carbocycles. The molecule has 2 atom stereocenters. The van der Waals surface area contributed by atoms with Crippen LogP contribution in [0.3, 0.4) is 0 Å². The molecule has 1 N–H and O–H groups in total. The van der Waals surface area contributed by atoms with Crippen LogP contribution in [0.15, 0.2) is 11.6 Å². The number of thiazole rings is 1. The first-order valence-corrected chi connectivity index (χ1v) is 8.78. The largest absolute Gasteiger partial charge is 0.346 e. The molecule has 1 aromatic heterocycles. The summed E-state index contributed by atoms with van der Waals surface area (Å²) >= 11 is 1.68. The molecule has 0 spiro atoms. The number of anilines is 1. The lowest BCUT2D eigenvalue weighted by atomic mass is 9.92. The van der Waals surface area contributed by atoms with Gasteiger partial charge in [0.2, 0.25) is 5.91 Å². The van der Waals surface area contributed by atoms with Crippen LogP contribution in [0.2, 0.25) is 0 Å². The second-order valence-corrected chi connectivity index (χ2v) is 6.93. The van der Waals surface area contributed by atoms with Gasteiger partial charge in [0.15, 0.2) is 5.13 Å². The lowest BCUT2D eigenvalue weighted by molar-refractivity contribution is -0.136. The second-order valence-electron chi connectivity index (χ2n) is 6.06. The summed E-state index contributed by atoms with van der Waals surface area (Å²) < 4.78 is 0. The molecule has 0 aliphatic carbocycles. The van der Waals surface area contributed by atoms with Gasteiger partial charge in [-0.25, -0.2) is 4.98 Å². The molecule has 5 nitrogen and oxygen atoms in total. The topological polar surface area (TPSA) is 48.5 Å². The monoisotopic (exact) mass is 308 g/mol. The van der Waals surface area contributed by atoms with Crippen LogP contribution in [-0.2, 0) is 4.79 Å². The Morgan fingerprint density at radius 1 is 1.38 bits per heavy atom. The maximum atomic E-state index is 12.7. The van der Waals surface area contributed by atoms with Gasteiger partial charge in [0, 0.05) is 49.7 Å². The summed E-state index contributed by atoms with van der Waals surface area (Å²) in [4.78, 5) is 21.5. The average Bonchev–Trinajstić information content (AvgIpc) is 2.91. The van der Waals surface area contributed by atoms with Crippen LogP contribution in [-0.4, -0.2) is 54.6 Å². The van der Waals surface area contributed by atoms with Crippen molar-refractivity contribution in [2.45, 2.75) is 32.2 Å². The fourth-order valence-electron chi connectivity index (χ4n) is 3.32. The van der Waals surface area contributed by atoms with Crippen molar-refractivity contribution >= 4 is 22.4 Å². The van der Waals surface area contributed by atoms with E-state index in [0.717, 1.165) is 57.1 Å². The predicted octanol–water partition coefficient (Wildman–Crippen LogP) is 1.57. The molecule has 1 amide bonds. The average molecular weight is 308 g/mol. The van der Waals surface area contributed by atoms with Gasteiger partial charge in [0.25, 0.3) is 0 Å². The van der Waals surface area contributed by atoms with Gasteiger partial charge < -0.3 is 15.1 Å². The van der Waals surface area contributed by atoms with Gasteiger partial charge >= 0.3 is 0 Å². The van der Waals surface area contributed by atoms with Gasteiger partial charge in [-0.05, 0) is 32.7 Å². The molecule has 2 saturated heterocycles. The van der Waals surface area contributed by atoms with E-state index in [1.165, 1.54) is 0 Å². The first kappa shape index (κ1) is 14.8. The normalized spacial score (nSPS) is 27.5. The molecule has 116 valence electrons. The molecule has 21 heavy (non-hydrogen) atoms. The molecule has 2 aliphatic heterocycles. The van der Waals surface area contributed by atoms with Crippen molar-refractivity contribution in [3.05, 3.63) is 11.6 Å². The highest BCUT2D eigenvalue weighted by Crippen LogP contribution is 2.22. The third kappa shape index (κ3) is 3.55. The third-order valence-corrected chi connectivity index (χ3v) is 5.30. The number of hydrogen-bond donors (Lipinski definition) is 1. The number of aromatic nitrogens is 1. The number of piperidine rings is 1. The molecule has 3 heterocycles. The van der Waals surface area contributed by atoms with Gasteiger partial charge in [-0.1, -0.05) is 0 Å². The Morgan fingerprint density at radius 3 is 3.05 bits per heavy atom. The number of nitrogens with zero attached hydrogens (tertiary/aromatic N) is 3. The number of carbonyl (C=O) groups is 1. The molecule has 0 bridgehead atoms. The SMILES string of the molecule is C[C@H]1C[C@@H](C(=O)N2CCCN(c3nccs3)CC2)CCN1. The fourth-order valence-corrected chi connectivity index (χ4v) is 4.01. The fraction of sp³-hybridized carbons (Fsp3) is 0.733. The van der Waals surface area contributed by atoms with Crippen molar-refractivity contribution in [2.75, 3.05) is 37.6 Å². The molecule has 2 aliphatic rings. The van der Waals surface area contributed by atoms with Crippen LogP contribution >= 0.6 is 11.3 Å². The number of amides is 1. The Labute approximate surface area is 130 Å². The summed E-state index contributed by atoms with van der Waals surface area (Å²) in [5, 5.41) is 6.52. The van der Waals surface area contributed by atoms with Crippen molar-refractivity contribution in [3.8, 4) is 0 Å². The van der Waals surface area contributed by atoms with Crippen LogP contribution < -0.4 is 10.2 Å². The van der Waals surface area contributed by atoms with E-state index in [4.69, 9.17) is 0 Å². The summed E-state index contributed by atoms with van der Waals surface area (Å²) in [6, 6.07) is 0.464. The van der Waals surface area contributed by atoms with Gasteiger partial charge in [0.05, 0.1) is 0 Å². The van der Waals surface area contributed by atoms with Gasteiger partial charge in [0.1, 0.15) is 0 Å². The summed E-state index contributed by atoms with van der Waals surface area (Å²) in [5.41, 5.74) is 0. The van der Waals surface area contributed by atoms with E-state index in [-0.39, 0.29) is 5.92 Å². The van der Waals surface area contributed by atoms with Crippen molar-refractivity contribution in [3.63, 3.8) is 0 Å². The third-order valence-electron chi connectivity index (χ3n) is 4.47. The van der Waals surface area contributed by atoms with Gasteiger partial charge in [-0.3, -0.25) is 4.79 Å². The van der Waals surface area contributed by atoms with Crippen LogP contribution in [0.1, 0.15) is 26.2 Å². The molecule has 1 aromatic rings. The van der Waals surface area contributed by atoms with Crippen molar-refractivity contribution in [1.82, 2.24) is 15.2 Å². The highest BCUT2D eigenvalue weighted by atomic mass is 32.1. The quantitative estimate of drug-likeness (QED) is 0.901. The van der Waals surface area contributed by atoms with Crippen LogP contribution in [0.4, 0.5) is 5.13 Å². The predicted molar refractivity (Wildman–Crippen MR) is 85.7 cm³/mol. The van der Waals surface area contributed by atoms with Crippen molar-refractivity contribution < 1.29 is 4.79 Å². The zero-order valence-electron chi connectivity index (χ0n) is 12.6. The summed E-state index contributed by atoms with van der Waals surface area (Å²) in [6.45, 7) is 6.76. The number of carbonyl (C=O) groups excluding carboxylic acids is 1. The molecule has 0 radical (unpaired) electrons. The van der Waals surface area contributed by atoms with Crippen LogP contribution in [0.25, 0.3) is 0 Å². The van der Waals surface area contributed by atoms with Crippen LogP contribution in [0.5, 0.6) is 0 Å². The number of rotatable bonds is 2. The highest BCUT2D eigenvalue weighted by Gasteiger charge is 2.29. The van der Waals surface area contributed by atoms with E-state index < -0.39 is 0 Å². The summed E-state index contributed by atoms with van der Waals surface area (Å²) in [7, 11) is 0. The smallest absolute Gasteiger partial charge is 0.225 e. The van der Waals surface area contributed by atoms with Crippen LogP contribution in [0, 0.1) is 5.92 Å². The molecule has 2 fully saturated rings. The van der Waals surface area contributed by atoms with E-state index in [1.807, 2.05) is 11.6 Å². The lowest BCUT2D eigenvalue weighted by Gasteiger charge is -2.31. The van der Waals surface area contributed by atoms with Crippen molar-refractivity contribution in [1.29, 1.82) is 0 Å². The van der Waals surface area contributed by atoms with E-state index in [0.29, 0.717) is 11.9 Å². The first-order chi connectivity index (χ1) is 10.2. The van der Waals surface area contributed by atoms with Gasteiger partial charge in [-0.15, -0.1) is 11.3 Å². The number of hydrogen-bond acceptors (Lipinski definition) is 5. The minimum absolute atomic E-state index is 0.215. The standard InChI is InChI=1S/C15H24N4OS/c1-12-11-13(3-4-16-12)14(20)18-6-2-7-19(9-8-18)15-17-5-10-21-15/h5,10,12-13,16H,2-4,6-9,11H2,1H3/t12-,13-/m0/s1. The first-order valence-electron chi connectivity index (χ1n) is 7.90. The molecule has 0 unspecified atom stereocenters. The molecule has 6 heteroatoms. The zero-order valence-corrected chi connectivity index (χ0v) is 13.4. The maximum absolute atomic E-state index is 12.7. The Kier molecular flexibility index (Phi) is 4.75. The van der Waals surface area contributed by atoms with Gasteiger partial charge in [-0.2, -0.15) is 0 Å². The molecular weight excluding hydrogens is 284 g/mol. The number of nitrogens with one attached hydrogen (secondary N) is 1. The minimum Gasteiger partial charge on any atom is -0.346 e. The molecule has 3 rings (SSSR count). The Morgan fingerprint density at radius 2 is 2.29 bits per heavy atom. The van der Waals surface area contributed by atoms with E-state index in [2.05, 4.69) is 27.0 Å². The maximum Gasteiger partial charge on any atom is 0.225 e. The minimum atomic E-state index is 0.215. The zero-order chi connectivity index (χ0) is 14.7. The highest BCUT2D eigenvalue weighted by molar-refractivity contribution is 7.13. The second kappa shape index (κ2) is 6.75.